The minimum Gasteiger partial charge on any atom is -0.296 e. The van der Waals surface area contributed by atoms with Crippen molar-refractivity contribution in [3.63, 3.8) is 0 Å². The summed E-state index contributed by atoms with van der Waals surface area (Å²) in [5, 5.41) is 0. The van der Waals surface area contributed by atoms with Gasteiger partial charge in [-0.05, 0) is 32.9 Å². The molecule has 0 unspecified atom stereocenters. The Kier molecular flexibility index (Phi) is 4.46. The molecule has 0 amide bonds. The lowest BCUT2D eigenvalue weighted by molar-refractivity contribution is -0.119. The van der Waals surface area contributed by atoms with Gasteiger partial charge in [-0.15, -0.1) is 0 Å². The molecule has 0 atom stereocenters. The Morgan fingerprint density at radius 3 is 2.32 bits per heavy atom. The van der Waals surface area contributed by atoms with Crippen molar-refractivity contribution in [1.29, 1.82) is 0 Å². The quantitative estimate of drug-likeness (QED) is 0.845. The molecule has 0 N–H and O–H groups in total. The second-order valence-electron chi connectivity index (χ2n) is 5.12. The van der Waals surface area contributed by atoms with Crippen molar-refractivity contribution in [2.45, 2.75) is 32.1 Å². The van der Waals surface area contributed by atoms with E-state index in [1.54, 1.807) is 26.0 Å². The average molecular weight is 324 g/mol. The molecular formula is C15H17FN2O3S. The van der Waals surface area contributed by atoms with Crippen molar-refractivity contribution in [1.82, 2.24) is 8.96 Å². The normalized spacial score (nSPS) is 11.6. The summed E-state index contributed by atoms with van der Waals surface area (Å²) in [6.07, 6.45) is -0.297. The lowest BCUT2D eigenvalue weighted by Gasteiger charge is -2.11. The number of benzene rings is 1. The van der Waals surface area contributed by atoms with Crippen LogP contribution in [0.1, 0.15) is 22.8 Å². The SMILES string of the molecule is Cc1ccc(S(=O)(=O)n2c(C)nc(C)c2CC(=O)CF)cc1. The monoisotopic (exact) mass is 324 g/mol. The van der Waals surface area contributed by atoms with Crippen LogP contribution in [-0.2, 0) is 21.2 Å². The van der Waals surface area contributed by atoms with Gasteiger partial charge in [-0.3, -0.25) is 4.79 Å². The van der Waals surface area contributed by atoms with Gasteiger partial charge in [-0.25, -0.2) is 21.8 Å². The van der Waals surface area contributed by atoms with Gasteiger partial charge in [0.1, 0.15) is 12.5 Å². The number of aryl methyl sites for hydroxylation is 3. The number of Topliss-reactive ketones (excluding diaryl/α,β-unsaturated/α-hetero) is 1. The van der Waals surface area contributed by atoms with Gasteiger partial charge >= 0.3 is 0 Å². The molecule has 1 aromatic carbocycles. The molecule has 1 heterocycles. The van der Waals surface area contributed by atoms with E-state index in [0.717, 1.165) is 9.54 Å². The van der Waals surface area contributed by atoms with Crippen molar-refractivity contribution >= 4 is 15.8 Å². The lowest BCUT2D eigenvalue weighted by Crippen LogP contribution is -2.20. The standard InChI is InChI=1S/C15H17FN2O3S/c1-10-4-6-14(7-5-10)22(20,21)18-12(3)17-11(2)15(18)8-13(19)9-16/h4-7H,8-9H2,1-3H3. The Morgan fingerprint density at radius 1 is 1.18 bits per heavy atom. The zero-order chi connectivity index (χ0) is 16.5. The third-order valence-corrected chi connectivity index (χ3v) is 5.19. The van der Waals surface area contributed by atoms with Gasteiger partial charge in [0.25, 0.3) is 10.0 Å². The number of rotatable bonds is 5. The molecule has 0 aliphatic heterocycles. The van der Waals surface area contributed by atoms with Crippen LogP contribution in [0.25, 0.3) is 0 Å². The number of alkyl halides is 1. The van der Waals surface area contributed by atoms with Crippen LogP contribution in [0.5, 0.6) is 0 Å². The highest BCUT2D eigenvalue weighted by molar-refractivity contribution is 7.90. The molecular weight excluding hydrogens is 307 g/mol. The largest absolute Gasteiger partial charge is 0.296 e. The van der Waals surface area contributed by atoms with E-state index in [-0.39, 0.29) is 22.8 Å². The molecule has 2 aromatic rings. The van der Waals surface area contributed by atoms with Crippen molar-refractivity contribution in [3.8, 4) is 0 Å². The van der Waals surface area contributed by atoms with Crippen molar-refractivity contribution in [3.05, 3.63) is 47.0 Å². The predicted octanol–water partition coefficient (Wildman–Crippen LogP) is 2.13. The van der Waals surface area contributed by atoms with E-state index in [0.29, 0.717) is 5.69 Å². The third-order valence-electron chi connectivity index (χ3n) is 3.36. The molecule has 0 bridgehead atoms. The highest BCUT2D eigenvalue weighted by Gasteiger charge is 2.25. The fraction of sp³-hybridized carbons (Fsp3) is 0.333. The van der Waals surface area contributed by atoms with E-state index in [1.807, 2.05) is 6.92 Å². The Bertz CT molecular complexity index is 808. The van der Waals surface area contributed by atoms with E-state index < -0.39 is 22.5 Å². The summed E-state index contributed by atoms with van der Waals surface area (Å²) in [7, 11) is -3.87. The Hall–Kier alpha value is -2.02. The molecule has 0 aliphatic rings. The van der Waals surface area contributed by atoms with Gasteiger partial charge in [-0.2, -0.15) is 0 Å². The molecule has 118 valence electrons. The molecule has 5 nitrogen and oxygen atoms in total. The number of carbonyl (C=O) groups is 1. The summed E-state index contributed by atoms with van der Waals surface area (Å²) in [4.78, 5) is 15.6. The smallest absolute Gasteiger partial charge is 0.269 e. The Morgan fingerprint density at radius 2 is 1.77 bits per heavy atom. The van der Waals surface area contributed by atoms with Crippen LogP contribution in [0.3, 0.4) is 0 Å². The van der Waals surface area contributed by atoms with Crippen LogP contribution in [0, 0.1) is 20.8 Å². The first-order valence-electron chi connectivity index (χ1n) is 6.72. The predicted molar refractivity (Wildman–Crippen MR) is 80.1 cm³/mol. The average Bonchev–Trinajstić information content (AvgIpc) is 2.74. The summed E-state index contributed by atoms with van der Waals surface area (Å²) in [6, 6.07) is 6.39. The molecule has 0 radical (unpaired) electrons. The molecule has 0 saturated heterocycles. The molecule has 2 rings (SSSR count). The van der Waals surface area contributed by atoms with Crippen LogP contribution in [0.2, 0.25) is 0 Å². The third kappa shape index (κ3) is 2.94. The van der Waals surface area contributed by atoms with Crippen LogP contribution in [0.4, 0.5) is 4.39 Å². The topological polar surface area (TPSA) is 69.0 Å². The number of hydrogen-bond donors (Lipinski definition) is 0. The first kappa shape index (κ1) is 16.4. The first-order chi connectivity index (χ1) is 10.3. The number of ketones is 1. The van der Waals surface area contributed by atoms with E-state index >= 15 is 0 Å². The van der Waals surface area contributed by atoms with E-state index in [4.69, 9.17) is 0 Å². The van der Waals surface area contributed by atoms with Crippen LogP contribution in [0.15, 0.2) is 29.2 Å². The van der Waals surface area contributed by atoms with Gasteiger partial charge in [0.2, 0.25) is 0 Å². The fourth-order valence-electron chi connectivity index (χ4n) is 2.26. The molecule has 0 saturated carbocycles. The number of carbonyl (C=O) groups excluding carboxylic acids is 1. The van der Waals surface area contributed by atoms with Crippen LogP contribution in [-0.4, -0.2) is 29.8 Å². The summed E-state index contributed by atoms with van der Waals surface area (Å²) in [5.74, 6) is -0.428. The number of nitrogens with zero attached hydrogens (tertiary/aromatic N) is 2. The van der Waals surface area contributed by atoms with Gasteiger partial charge in [-0.1, -0.05) is 17.7 Å². The van der Waals surface area contributed by atoms with E-state index in [1.165, 1.54) is 12.1 Å². The van der Waals surface area contributed by atoms with Crippen LogP contribution >= 0.6 is 0 Å². The summed E-state index contributed by atoms with van der Waals surface area (Å²) in [5.41, 5.74) is 1.56. The van der Waals surface area contributed by atoms with Crippen molar-refractivity contribution in [2.75, 3.05) is 6.67 Å². The second kappa shape index (κ2) is 6.00. The maximum absolute atomic E-state index is 12.8. The minimum atomic E-state index is -3.87. The molecule has 1 aromatic heterocycles. The number of hydrogen-bond acceptors (Lipinski definition) is 4. The molecule has 0 spiro atoms. The maximum Gasteiger partial charge on any atom is 0.269 e. The van der Waals surface area contributed by atoms with Gasteiger partial charge < -0.3 is 0 Å². The highest BCUT2D eigenvalue weighted by atomic mass is 32.2. The Labute approximate surface area is 128 Å². The molecule has 0 fully saturated rings. The number of imidazole rings is 1. The maximum atomic E-state index is 12.8. The number of aromatic nitrogens is 2. The summed E-state index contributed by atoms with van der Waals surface area (Å²) >= 11 is 0. The number of halogens is 1. The van der Waals surface area contributed by atoms with Gasteiger partial charge in [0.05, 0.1) is 22.7 Å². The van der Waals surface area contributed by atoms with Crippen molar-refractivity contribution < 1.29 is 17.6 Å². The summed E-state index contributed by atoms with van der Waals surface area (Å²) < 4.78 is 39.1. The Balaban J connectivity index is 2.60. The molecule has 0 aliphatic carbocycles. The second-order valence-corrected chi connectivity index (χ2v) is 6.91. The zero-order valence-electron chi connectivity index (χ0n) is 12.6. The van der Waals surface area contributed by atoms with Crippen LogP contribution < -0.4 is 0 Å². The molecule has 22 heavy (non-hydrogen) atoms. The van der Waals surface area contributed by atoms with E-state index in [9.17, 15) is 17.6 Å². The lowest BCUT2D eigenvalue weighted by atomic mass is 10.2. The highest BCUT2D eigenvalue weighted by Crippen LogP contribution is 2.21. The van der Waals surface area contributed by atoms with Gasteiger partial charge in [0.15, 0.2) is 5.78 Å². The zero-order valence-corrected chi connectivity index (χ0v) is 13.4. The molecule has 7 heteroatoms. The fourth-order valence-corrected chi connectivity index (χ4v) is 3.83. The van der Waals surface area contributed by atoms with E-state index in [2.05, 4.69) is 4.98 Å². The minimum absolute atomic E-state index is 0.104. The van der Waals surface area contributed by atoms with Crippen molar-refractivity contribution in [2.24, 2.45) is 0 Å². The summed E-state index contributed by atoms with van der Waals surface area (Å²) in [6.45, 7) is 3.87. The van der Waals surface area contributed by atoms with Gasteiger partial charge in [0, 0.05) is 0 Å². The first-order valence-corrected chi connectivity index (χ1v) is 8.16.